The third-order valence-corrected chi connectivity index (χ3v) is 4.60. The van der Waals surface area contributed by atoms with Gasteiger partial charge in [-0.25, -0.2) is 0 Å². The number of amides is 1. The molecule has 1 heterocycles. The summed E-state index contributed by atoms with van der Waals surface area (Å²) in [6, 6.07) is 7.65. The quantitative estimate of drug-likeness (QED) is 0.660. The third-order valence-electron chi connectivity index (χ3n) is 4.35. The van der Waals surface area contributed by atoms with Crippen LogP contribution in [0.3, 0.4) is 0 Å². The average molecular weight is 368 g/mol. The third kappa shape index (κ3) is 7.04. The van der Waals surface area contributed by atoms with E-state index in [0.717, 1.165) is 36.5 Å². The van der Waals surface area contributed by atoms with Crippen LogP contribution in [0.15, 0.2) is 24.3 Å². The Hall–Kier alpha value is -1.59. The fourth-order valence-corrected chi connectivity index (χ4v) is 3.00. The number of benzene rings is 1. The molecule has 0 unspecified atom stereocenters. The van der Waals surface area contributed by atoms with Crippen molar-refractivity contribution in [2.75, 3.05) is 26.3 Å². The number of esters is 1. The number of nitrogens with zero attached hydrogens (tertiary/aromatic N) is 1. The summed E-state index contributed by atoms with van der Waals surface area (Å²) in [5.41, 5.74) is 1.11. The Kier molecular flexibility index (Phi) is 8.22. The lowest BCUT2D eigenvalue weighted by atomic mass is 9.97. The fourth-order valence-electron chi connectivity index (χ4n) is 2.87. The maximum atomic E-state index is 12.1. The smallest absolute Gasteiger partial charge is 0.306 e. The van der Waals surface area contributed by atoms with E-state index in [1.54, 1.807) is 6.92 Å². The minimum atomic E-state index is -0.304. The highest BCUT2D eigenvalue weighted by Gasteiger charge is 2.23. The fraction of sp³-hybridized carbons (Fsp3) is 0.579. The summed E-state index contributed by atoms with van der Waals surface area (Å²) in [5, 5.41) is 0.726. The van der Waals surface area contributed by atoms with Crippen molar-refractivity contribution in [3.05, 3.63) is 34.9 Å². The SMILES string of the molecule is CCOC(=O)CCC(=O)N1CCC(COCc2ccc(Cl)cc2)CC1. The van der Waals surface area contributed by atoms with E-state index in [9.17, 15) is 9.59 Å². The summed E-state index contributed by atoms with van der Waals surface area (Å²) < 4.78 is 10.6. The van der Waals surface area contributed by atoms with Gasteiger partial charge in [-0.05, 0) is 43.4 Å². The zero-order valence-electron chi connectivity index (χ0n) is 14.7. The van der Waals surface area contributed by atoms with Crippen LogP contribution in [-0.2, 0) is 25.7 Å². The summed E-state index contributed by atoms with van der Waals surface area (Å²) in [4.78, 5) is 25.3. The Labute approximate surface area is 154 Å². The molecule has 0 aliphatic carbocycles. The molecule has 1 saturated heterocycles. The molecule has 0 spiro atoms. The average Bonchev–Trinajstić information content (AvgIpc) is 2.62. The van der Waals surface area contributed by atoms with Gasteiger partial charge in [0, 0.05) is 31.1 Å². The van der Waals surface area contributed by atoms with Gasteiger partial charge in [0.2, 0.25) is 5.91 Å². The summed E-state index contributed by atoms with van der Waals surface area (Å²) in [6.45, 7) is 4.87. The number of ether oxygens (including phenoxy) is 2. The van der Waals surface area contributed by atoms with Crippen molar-refractivity contribution >= 4 is 23.5 Å². The van der Waals surface area contributed by atoms with Gasteiger partial charge in [-0.15, -0.1) is 0 Å². The Bertz CT molecular complexity index is 553. The lowest BCUT2D eigenvalue weighted by Crippen LogP contribution is -2.39. The number of carbonyl (C=O) groups is 2. The van der Waals surface area contributed by atoms with E-state index in [2.05, 4.69) is 0 Å². The minimum absolute atomic E-state index is 0.0357. The first-order valence-electron chi connectivity index (χ1n) is 8.84. The van der Waals surface area contributed by atoms with Gasteiger partial charge in [-0.2, -0.15) is 0 Å². The van der Waals surface area contributed by atoms with Crippen LogP contribution in [0.2, 0.25) is 5.02 Å². The van der Waals surface area contributed by atoms with Crippen LogP contribution in [-0.4, -0.2) is 43.1 Å². The topological polar surface area (TPSA) is 55.8 Å². The molecule has 6 heteroatoms. The standard InChI is InChI=1S/C19H26ClNO4/c1-2-25-19(23)8-7-18(22)21-11-9-16(10-12-21)14-24-13-15-3-5-17(20)6-4-15/h3-6,16H,2,7-14H2,1H3. The molecule has 1 aromatic carbocycles. The monoisotopic (exact) mass is 367 g/mol. The number of piperidine rings is 1. The minimum Gasteiger partial charge on any atom is -0.466 e. The molecule has 0 aromatic heterocycles. The van der Waals surface area contributed by atoms with E-state index < -0.39 is 0 Å². The van der Waals surface area contributed by atoms with Crippen LogP contribution < -0.4 is 0 Å². The molecule has 2 rings (SSSR count). The van der Waals surface area contributed by atoms with Crippen molar-refractivity contribution in [1.29, 1.82) is 0 Å². The van der Waals surface area contributed by atoms with Crippen molar-refractivity contribution in [2.45, 2.75) is 39.2 Å². The Morgan fingerprint density at radius 2 is 1.84 bits per heavy atom. The highest BCUT2D eigenvalue weighted by Crippen LogP contribution is 2.19. The summed E-state index contributed by atoms with van der Waals surface area (Å²) in [6.07, 6.45) is 2.27. The number of carbonyl (C=O) groups excluding carboxylic acids is 2. The maximum Gasteiger partial charge on any atom is 0.306 e. The molecule has 5 nitrogen and oxygen atoms in total. The second-order valence-corrected chi connectivity index (χ2v) is 6.71. The molecule has 0 bridgehead atoms. The molecular weight excluding hydrogens is 342 g/mol. The Morgan fingerprint density at radius 1 is 1.16 bits per heavy atom. The van der Waals surface area contributed by atoms with E-state index in [1.807, 2.05) is 29.2 Å². The van der Waals surface area contributed by atoms with Crippen LogP contribution in [0.4, 0.5) is 0 Å². The molecule has 0 saturated carbocycles. The first kappa shape index (κ1) is 19.7. The predicted molar refractivity (Wildman–Crippen MR) is 96.3 cm³/mol. The summed E-state index contributed by atoms with van der Waals surface area (Å²) in [5.74, 6) is 0.205. The first-order valence-corrected chi connectivity index (χ1v) is 9.22. The van der Waals surface area contributed by atoms with Gasteiger partial charge < -0.3 is 14.4 Å². The largest absolute Gasteiger partial charge is 0.466 e. The van der Waals surface area contributed by atoms with E-state index in [0.29, 0.717) is 25.7 Å². The normalized spacial score (nSPS) is 15.2. The summed E-state index contributed by atoms with van der Waals surface area (Å²) in [7, 11) is 0. The Morgan fingerprint density at radius 3 is 2.48 bits per heavy atom. The molecule has 0 atom stereocenters. The van der Waals surface area contributed by atoms with Crippen LogP contribution in [0.5, 0.6) is 0 Å². The van der Waals surface area contributed by atoms with Crippen LogP contribution in [0, 0.1) is 5.92 Å². The molecule has 1 aliphatic rings. The lowest BCUT2D eigenvalue weighted by Gasteiger charge is -2.32. The van der Waals surface area contributed by atoms with Crippen molar-refractivity contribution in [1.82, 2.24) is 4.90 Å². The number of hydrogen-bond acceptors (Lipinski definition) is 4. The maximum absolute atomic E-state index is 12.1. The predicted octanol–water partition coefficient (Wildman–Crippen LogP) is 3.44. The van der Waals surface area contributed by atoms with E-state index >= 15 is 0 Å². The van der Waals surface area contributed by atoms with Crippen LogP contribution >= 0.6 is 11.6 Å². The van der Waals surface area contributed by atoms with Gasteiger partial charge in [0.25, 0.3) is 0 Å². The van der Waals surface area contributed by atoms with E-state index in [-0.39, 0.29) is 24.7 Å². The van der Waals surface area contributed by atoms with Gasteiger partial charge in [0.1, 0.15) is 0 Å². The number of likely N-dealkylation sites (tertiary alicyclic amines) is 1. The number of hydrogen-bond donors (Lipinski definition) is 0. The molecule has 25 heavy (non-hydrogen) atoms. The van der Waals surface area contributed by atoms with Crippen molar-refractivity contribution < 1.29 is 19.1 Å². The molecule has 1 aromatic rings. The number of rotatable bonds is 8. The highest BCUT2D eigenvalue weighted by atomic mass is 35.5. The molecule has 0 radical (unpaired) electrons. The van der Waals surface area contributed by atoms with E-state index in [4.69, 9.17) is 21.1 Å². The van der Waals surface area contributed by atoms with Crippen molar-refractivity contribution in [2.24, 2.45) is 5.92 Å². The van der Waals surface area contributed by atoms with Crippen molar-refractivity contribution in [3.63, 3.8) is 0 Å². The van der Waals surface area contributed by atoms with Gasteiger partial charge >= 0.3 is 5.97 Å². The van der Waals surface area contributed by atoms with Gasteiger partial charge in [0.15, 0.2) is 0 Å². The molecule has 1 fully saturated rings. The van der Waals surface area contributed by atoms with Crippen molar-refractivity contribution in [3.8, 4) is 0 Å². The van der Waals surface area contributed by atoms with Gasteiger partial charge in [0.05, 0.1) is 19.6 Å². The molecule has 1 amide bonds. The molecule has 0 N–H and O–H groups in total. The number of halogens is 1. The zero-order valence-corrected chi connectivity index (χ0v) is 15.5. The lowest BCUT2D eigenvalue weighted by molar-refractivity contribution is -0.146. The molecule has 1 aliphatic heterocycles. The second kappa shape index (κ2) is 10.4. The first-order chi connectivity index (χ1) is 12.1. The second-order valence-electron chi connectivity index (χ2n) is 6.27. The van der Waals surface area contributed by atoms with Crippen LogP contribution in [0.1, 0.15) is 38.2 Å². The zero-order chi connectivity index (χ0) is 18.1. The Balaban J connectivity index is 1.61. The van der Waals surface area contributed by atoms with E-state index in [1.165, 1.54) is 0 Å². The van der Waals surface area contributed by atoms with Gasteiger partial charge in [-0.1, -0.05) is 23.7 Å². The highest BCUT2D eigenvalue weighted by molar-refractivity contribution is 6.30. The summed E-state index contributed by atoms with van der Waals surface area (Å²) >= 11 is 5.86. The molecule has 138 valence electrons. The van der Waals surface area contributed by atoms with Crippen LogP contribution in [0.25, 0.3) is 0 Å². The van der Waals surface area contributed by atoms with Gasteiger partial charge in [-0.3, -0.25) is 9.59 Å². The molecular formula is C19H26ClNO4.